The van der Waals surface area contributed by atoms with Gasteiger partial charge >= 0.3 is 12.5 Å². The normalized spacial score (nSPS) is 18.6. The highest BCUT2D eigenvalue weighted by Crippen LogP contribution is 2.37. The Balaban J connectivity index is 1.67. The van der Waals surface area contributed by atoms with Crippen molar-refractivity contribution in [1.82, 2.24) is 20.5 Å². The molecule has 2 unspecified atom stereocenters. The van der Waals surface area contributed by atoms with Gasteiger partial charge in [0.25, 0.3) is 0 Å². The summed E-state index contributed by atoms with van der Waals surface area (Å²) in [6.45, 7) is 3.67. The van der Waals surface area contributed by atoms with Crippen molar-refractivity contribution in [1.29, 1.82) is 0 Å². The van der Waals surface area contributed by atoms with Crippen LogP contribution in [-0.2, 0) is 14.8 Å². The molecular weight excluding hydrogens is 481 g/mol. The predicted octanol–water partition coefficient (Wildman–Crippen LogP) is 3.59. The molecule has 2 aromatic heterocycles. The molecule has 1 saturated carbocycles. The lowest BCUT2D eigenvalue weighted by Crippen LogP contribution is -2.33. The SMILES string of the molecule is CC(C)NC(=O)OC1CCC(c2cc(Nc3cc(OC(F)(F)F)c(NS(C)(=O)=O)cn3)n[nH]2)C1. The zero-order chi connectivity index (χ0) is 25.1. The van der Waals surface area contributed by atoms with Crippen LogP contribution < -0.4 is 20.1 Å². The molecule has 4 N–H and O–H groups in total. The molecule has 15 heteroatoms. The molecule has 3 rings (SSSR count). The Morgan fingerprint density at radius 3 is 2.62 bits per heavy atom. The molecule has 2 heterocycles. The van der Waals surface area contributed by atoms with Gasteiger partial charge in [0.2, 0.25) is 10.0 Å². The number of alkyl carbamates (subject to hydrolysis) is 1. The molecule has 11 nitrogen and oxygen atoms in total. The number of nitrogens with zero attached hydrogens (tertiary/aromatic N) is 2. The van der Waals surface area contributed by atoms with Gasteiger partial charge in [-0.05, 0) is 33.1 Å². The third-order valence-electron chi connectivity index (χ3n) is 4.75. The van der Waals surface area contributed by atoms with Gasteiger partial charge in [0.15, 0.2) is 11.6 Å². The number of carbonyl (C=O) groups excluding carboxylic acids is 1. The number of nitrogens with one attached hydrogen (secondary N) is 4. The van der Waals surface area contributed by atoms with E-state index in [2.05, 4.69) is 30.6 Å². The molecule has 1 aliphatic rings. The number of hydrogen-bond acceptors (Lipinski definition) is 8. The quantitative estimate of drug-likeness (QED) is 0.425. The van der Waals surface area contributed by atoms with Crippen molar-refractivity contribution in [2.24, 2.45) is 0 Å². The van der Waals surface area contributed by atoms with Crippen molar-refractivity contribution in [3.8, 4) is 5.75 Å². The largest absolute Gasteiger partial charge is 0.573 e. The fraction of sp³-hybridized carbons (Fsp3) is 0.526. The van der Waals surface area contributed by atoms with Crippen molar-refractivity contribution in [2.75, 3.05) is 16.3 Å². The number of aromatic amines is 1. The van der Waals surface area contributed by atoms with E-state index in [9.17, 15) is 26.4 Å². The second kappa shape index (κ2) is 9.95. The molecule has 0 spiro atoms. The van der Waals surface area contributed by atoms with Gasteiger partial charge in [-0.25, -0.2) is 18.2 Å². The highest BCUT2D eigenvalue weighted by Gasteiger charge is 2.33. The molecule has 0 radical (unpaired) electrons. The maximum atomic E-state index is 12.8. The third kappa shape index (κ3) is 7.67. The highest BCUT2D eigenvalue weighted by atomic mass is 32.2. The minimum Gasteiger partial charge on any atom is -0.446 e. The summed E-state index contributed by atoms with van der Waals surface area (Å²) in [7, 11) is -3.86. The second-order valence-corrected chi connectivity index (χ2v) is 9.91. The van der Waals surface area contributed by atoms with Gasteiger partial charge in [-0.1, -0.05) is 0 Å². The standard InChI is InChI=1S/C19H25F3N6O5S/c1-10(2)24-18(29)32-12-5-4-11(6-12)13-7-17(27-26-13)25-16-8-15(33-19(20,21)22)14(9-23-16)28-34(3,30)31/h7-12,28H,4-6H2,1-3H3,(H,24,29)(H2,23,25,26,27). The Bertz CT molecular complexity index is 1120. The van der Waals surface area contributed by atoms with E-state index in [1.54, 1.807) is 6.07 Å². The summed E-state index contributed by atoms with van der Waals surface area (Å²) in [5.74, 6) is -0.486. The van der Waals surface area contributed by atoms with E-state index < -0.39 is 33.9 Å². The molecule has 2 aromatic rings. The number of halogens is 3. The summed E-state index contributed by atoms with van der Waals surface area (Å²) in [6.07, 6.45) is -2.01. The first-order valence-corrected chi connectivity index (χ1v) is 12.2. The van der Waals surface area contributed by atoms with Gasteiger partial charge in [-0.15, -0.1) is 13.2 Å². The third-order valence-corrected chi connectivity index (χ3v) is 5.34. The number of sulfonamides is 1. The zero-order valence-electron chi connectivity index (χ0n) is 18.6. The molecule has 0 aliphatic heterocycles. The molecule has 34 heavy (non-hydrogen) atoms. The first-order chi connectivity index (χ1) is 15.8. The Morgan fingerprint density at radius 2 is 1.97 bits per heavy atom. The van der Waals surface area contributed by atoms with Crippen molar-refractivity contribution in [3.05, 3.63) is 24.0 Å². The predicted molar refractivity (Wildman–Crippen MR) is 116 cm³/mol. The number of alkyl halides is 3. The molecule has 1 fully saturated rings. The first-order valence-electron chi connectivity index (χ1n) is 10.3. The highest BCUT2D eigenvalue weighted by molar-refractivity contribution is 7.92. The minimum atomic E-state index is -5.04. The number of ether oxygens (including phenoxy) is 2. The van der Waals surface area contributed by atoms with Crippen LogP contribution in [0.5, 0.6) is 5.75 Å². The van der Waals surface area contributed by atoms with Crippen molar-refractivity contribution in [2.45, 2.75) is 57.5 Å². The number of pyridine rings is 1. The molecule has 0 bridgehead atoms. The van der Waals surface area contributed by atoms with Crippen LogP contribution in [0.15, 0.2) is 18.3 Å². The minimum absolute atomic E-state index is 0.0298. The number of anilines is 3. The Morgan fingerprint density at radius 1 is 1.24 bits per heavy atom. The molecular formula is C19H25F3N6O5S. The van der Waals surface area contributed by atoms with Gasteiger partial charge in [0.1, 0.15) is 17.6 Å². The van der Waals surface area contributed by atoms with E-state index in [-0.39, 0.29) is 29.7 Å². The molecule has 1 amide bonds. The van der Waals surface area contributed by atoms with Crippen LogP contribution in [-0.4, -0.2) is 54.5 Å². The molecule has 2 atom stereocenters. The zero-order valence-corrected chi connectivity index (χ0v) is 19.4. The van der Waals surface area contributed by atoms with Crippen molar-refractivity contribution < 1.29 is 35.9 Å². The van der Waals surface area contributed by atoms with Crippen LogP contribution in [0.25, 0.3) is 0 Å². The topological polar surface area (TPSA) is 147 Å². The summed E-state index contributed by atoms with van der Waals surface area (Å²) in [4.78, 5) is 15.7. The van der Waals surface area contributed by atoms with Crippen LogP contribution in [0, 0.1) is 0 Å². The van der Waals surface area contributed by atoms with Crippen LogP contribution in [0.3, 0.4) is 0 Å². The van der Waals surface area contributed by atoms with Crippen LogP contribution in [0.4, 0.5) is 35.3 Å². The van der Waals surface area contributed by atoms with Crippen LogP contribution >= 0.6 is 0 Å². The van der Waals surface area contributed by atoms with Gasteiger partial charge in [-0.3, -0.25) is 9.82 Å². The van der Waals surface area contributed by atoms with E-state index in [0.29, 0.717) is 12.8 Å². The lowest BCUT2D eigenvalue weighted by atomic mass is 10.0. The molecule has 188 valence electrons. The summed E-state index contributed by atoms with van der Waals surface area (Å²) in [5, 5.41) is 12.4. The number of aromatic nitrogens is 3. The van der Waals surface area contributed by atoms with Crippen molar-refractivity contribution >= 4 is 33.4 Å². The van der Waals surface area contributed by atoms with Gasteiger partial charge in [0, 0.05) is 29.8 Å². The van der Waals surface area contributed by atoms with E-state index in [1.165, 1.54) is 0 Å². The van der Waals surface area contributed by atoms with Crippen LogP contribution in [0.1, 0.15) is 44.7 Å². The maximum Gasteiger partial charge on any atom is 0.573 e. The number of hydrogen-bond donors (Lipinski definition) is 4. The Labute approximate surface area is 193 Å². The first kappa shape index (κ1) is 25.4. The van der Waals surface area contributed by atoms with E-state index in [1.807, 2.05) is 18.6 Å². The summed E-state index contributed by atoms with van der Waals surface area (Å²) in [6, 6.07) is 2.55. The number of carbonyl (C=O) groups is 1. The Kier molecular flexibility index (Phi) is 7.43. The summed E-state index contributed by atoms with van der Waals surface area (Å²) in [5.41, 5.74) is 0.298. The Hall–Kier alpha value is -3.23. The average Bonchev–Trinajstić information content (AvgIpc) is 3.30. The molecule has 0 saturated heterocycles. The maximum absolute atomic E-state index is 12.8. The van der Waals surface area contributed by atoms with Gasteiger partial charge < -0.3 is 20.1 Å². The monoisotopic (exact) mass is 506 g/mol. The van der Waals surface area contributed by atoms with Crippen LogP contribution in [0.2, 0.25) is 0 Å². The molecule has 1 aliphatic carbocycles. The average molecular weight is 507 g/mol. The lowest BCUT2D eigenvalue weighted by Gasteiger charge is -2.15. The lowest BCUT2D eigenvalue weighted by molar-refractivity contribution is -0.274. The fourth-order valence-electron chi connectivity index (χ4n) is 3.48. The number of rotatable bonds is 8. The molecule has 0 aromatic carbocycles. The smallest absolute Gasteiger partial charge is 0.446 e. The van der Waals surface area contributed by atoms with E-state index in [0.717, 1.165) is 30.6 Å². The van der Waals surface area contributed by atoms with E-state index >= 15 is 0 Å². The number of H-pyrrole nitrogens is 1. The summed E-state index contributed by atoms with van der Waals surface area (Å²) >= 11 is 0. The van der Waals surface area contributed by atoms with Crippen molar-refractivity contribution in [3.63, 3.8) is 0 Å². The van der Waals surface area contributed by atoms with E-state index in [4.69, 9.17) is 4.74 Å². The second-order valence-electron chi connectivity index (χ2n) is 8.16. The van der Waals surface area contributed by atoms with Gasteiger partial charge in [0.05, 0.1) is 12.5 Å². The number of amides is 1. The van der Waals surface area contributed by atoms with Gasteiger partial charge in [-0.2, -0.15) is 5.10 Å². The fourth-order valence-corrected chi connectivity index (χ4v) is 4.04. The summed E-state index contributed by atoms with van der Waals surface area (Å²) < 4.78 is 72.4.